The number of amides is 4. The van der Waals surface area contributed by atoms with Crippen LogP contribution in [0.4, 0.5) is 21.9 Å². The van der Waals surface area contributed by atoms with E-state index < -0.39 is 0 Å². The van der Waals surface area contributed by atoms with Gasteiger partial charge in [-0.3, -0.25) is 14.5 Å². The molecule has 3 aromatic rings. The van der Waals surface area contributed by atoms with Crippen LogP contribution < -0.4 is 15.5 Å². The van der Waals surface area contributed by atoms with Crippen LogP contribution in [0.25, 0.3) is 10.2 Å². The van der Waals surface area contributed by atoms with Crippen LogP contribution in [-0.4, -0.2) is 46.9 Å². The van der Waals surface area contributed by atoms with Crippen molar-refractivity contribution in [3.05, 3.63) is 59.1 Å². The molecule has 1 saturated heterocycles. The Hall–Kier alpha value is -3.43. The number of rotatable bonds is 4. The van der Waals surface area contributed by atoms with Crippen molar-refractivity contribution in [2.45, 2.75) is 18.9 Å². The highest BCUT2D eigenvalue weighted by Gasteiger charge is 2.33. The summed E-state index contributed by atoms with van der Waals surface area (Å²) in [6, 6.07) is 8.17. The maximum atomic E-state index is 13.2. The Morgan fingerprint density at radius 3 is 2.82 bits per heavy atom. The first kappa shape index (κ1) is 21.4. The SMILES string of the molecule is C=CC(=O)N1CCC[C@@H](NC(=O)c2sc3nccc4c3c2NC(=O)N4c2ccc(Cl)cc2)C1. The van der Waals surface area contributed by atoms with E-state index in [0.717, 1.165) is 12.8 Å². The molecule has 0 unspecified atom stereocenters. The molecule has 2 aliphatic rings. The molecule has 10 heteroatoms. The van der Waals surface area contributed by atoms with Gasteiger partial charge in [-0.15, -0.1) is 11.3 Å². The molecule has 2 N–H and O–H groups in total. The Balaban J connectivity index is 1.47. The van der Waals surface area contributed by atoms with E-state index in [9.17, 15) is 14.4 Å². The topological polar surface area (TPSA) is 94.6 Å². The molecule has 4 heterocycles. The minimum absolute atomic E-state index is 0.144. The lowest BCUT2D eigenvalue weighted by atomic mass is 10.1. The van der Waals surface area contributed by atoms with Crippen molar-refractivity contribution < 1.29 is 14.4 Å². The van der Waals surface area contributed by atoms with E-state index in [1.807, 2.05) is 0 Å². The molecule has 1 fully saturated rings. The van der Waals surface area contributed by atoms with Gasteiger partial charge < -0.3 is 15.5 Å². The quantitative estimate of drug-likeness (QED) is 0.535. The Morgan fingerprint density at radius 2 is 2.06 bits per heavy atom. The van der Waals surface area contributed by atoms with E-state index in [0.29, 0.717) is 50.3 Å². The third kappa shape index (κ3) is 3.83. The van der Waals surface area contributed by atoms with Gasteiger partial charge in [0.25, 0.3) is 5.91 Å². The van der Waals surface area contributed by atoms with Gasteiger partial charge in [0.1, 0.15) is 9.71 Å². The third-order valence-corrected chi connectivity index (χ3v) is 7.13. The lowest BCUT2D eigenvalue weighted by Crippen LogP contribution is -2.49. The molecule has 33 heavy (non-hydrogen) atoms. The average Bonchev–Trinajstić information content (AvgIpc) is 3.19. The molecule has 4 amide bonds. The van der Waals surface area contributed by atoms with E-state index >= 15 is 0 Å². The molecule has 8 nitrogen and oxygen atoms in total. The number of likely N-dealkylation sites (tertiary alicyclic amines) is 1. The maximum absolute atomic E-state index is 13.2. The second-order valence-corrected chi connectivity index (χ2v) is 9.29. The molecule has 5 rings (SSSR count). The van der Waals surface area contributed by atoms with Gasteiger partial charge in [-0.2, -0.15) is 0 Å². The second-order valence-electron chi connectivity index (χ2n) is 7.86. The second kappa shape index (κ2) is 8.49. The van der Waals surface area contributed by atoms with E-state index in [1.165, 1.54) is 17.4 Å². The van der Waals surface area contributed by atoms with Crippen molar-refractivity contribution in [1.29, 1.82) is 0 Å². The van der Waals surface area contributed by atoms with Crippen LogP contribution in [0.1, 0.15) is 22.5 Å². The number of carbonyl (C=O) groups is 3. The summed E-state index contributed by atoms with van der Waals surface area (Å²) in [5.74, 6) is -0.439. The van der Waals surface area contributed by atoms with Crippen LogP contribution in [0.5, 0.6) is 0 Å². The summed E-state index contributed by atoms with van der Waals surface area (Å²) < 4.78 is 0. The minimum atomic E-state index is -0.370. The molecule has 1 atom stereocenters. The summed E-state index contributed by atoms with van der Waals surface area (Å²) >= 11 is 7.23. The van der Waals surface area contributed by atoms with Gasteiger partial charge in [-0.25, -0.2) is 9.78 Å². The zero-order chi connectivity index (χ0) is 23.1. The number of aromatic nitrogens is 1. The van der Waals surface area contributed by atoms with E-state index in [-0.39, 0.29) is 23.9 Å². The molecular formula is C23H20ClN5O3S. The molecule has 168 valence electrons. The first-order valence-electron chi connectivity index (χ1n) is 10.5. The van der Waals surface area contributed by atoms with Gasteiger partial charge in [-0.1, -0.05) is 18.2 Å². The first-order chi connectivity index (χ1) is 16.0. The van der Waals surface area contributed by atoms with Gasteiger partial charge in [0.2, 0.25) is 5.91 Å². The number of anilines is 3. The zero-order valence-electron chi connectivity index (χ0n) is 17.5. The zero-order valence-corrected chi connectivity index (χ0v) is 19.1. The number of hydrogen-bond donors (Lipinski definition) is 2. The molecule has 2 aliphatic heterocycles. The monoisotopic (exact) mass is 481 g/mol. The Bertz CT molecular complexity index is 1290. The number of halogens is 1. The number of carbonyl (C=O) groups excluding carboxylic acids is 3. The standard InChI is InChI=1S/C23H20ClN5O3S/c1-2-17(30)28-11-3-4-14(12-28)26-21(31)20-19-18-16(9-10-25-22(18)33-20)29(23(32)27-19)15-7-5-13(24)6-8-15/h2,5-10,14H,1,3-4,11-12H2,(H,26,31)(H,27,32)/t14-/m1/s1. The fraction of sp³-hybridized carbons (Fsp3) is 0.217. The number of urea groups is 1. The van der Waals surface area contributed by atoms with Crippen molar-refractivity contribution in [1.82, 2.24) is 15.2 Å². The predicted molar refractivity (Wildman–Crippen MR) is 129 cm³/mol. The number of nitrogens with zero attached hydrogens (tertiary/aromatic N) is 3. The van der Waals surface area contributed by atoms with Crippen molar-refractivity contribution in [3.63, 3.8) is 0 Å². The number of nitrogens with one attached hydrogen (secondary N) is 2. The summed E-state index contributed by atoms with van der Waals surface area (Å²) in [5.41, 5.74) is 1.76. The van der Waals surface area contributed by atoms with Gasteiger partial charge in [0.15, 0.2) is 0 Å². The average molecular weight is 482 g/mol. The number of thiophene rings is 1. The van der Waals surface area contributed by atoms with Crippen LogP contribution in [0, 0.1) is 0 Å². The van der Waals surface area contributed by atoms with Crippen LogP contribution in [0.3, 0.4) is 0 Å². The first-order valence-corrected chi connectivity index (χ1v) is 11.7. The van der Waals surface area contributed by atoms with E-state index in [1.54, 1.807) is 46.3 Å². The fourth-order valence-corrected chi connectivity index (χ4v) is 5.41. The summed E-state index contributed by atoms with van der Waals surface area (Å²) in [4.78, 5) is 46.9. The number of pyridine rings is 1. The number of piperidine rings is 1. The Morgan fingerprint density at radius 1 is 1.27 bits per heavy atom. The molecule has 0 spiro atoms. The molecule has 0 bridgehead atoms. The fourth-order valence-electron chi connectivity index (χ4n) is 4.27. The van der Waals surface area contributed by atoms with Gasteiger partial charge in [-0.05, 0) is 49.2 Å². The van der Waals surface area contributed by atoms with Gasteiger partial charge >= 0.3 is 6.03 Å². The van der Waals surface area contributed by atoms with E-state index in [4.69, 9.17) is 11.6 Å². The van der Waals surface area contributed by atoms with Crippen LogP contribution in [0.15, 0.2) is 49.2 Å². The lowest BCUT2D eigenvalue weighted by molar-refractivity contribution is -0.127. The number of hydrogen-bond acceptors (Lipinski definition) is 5. The van der Waals surface area contributed by atoms with Crippen LogP contribution in [-0.2, 0) is 4.79 Å². The van der Waals surface area contributed by atoms with Crippen molar-refractivity contribution in [3.8, 4) is 0 Å². The number of benzene rings is 1. The normalized spacial score (nSPS) is 17.6. The van der Waals surface area contributed by atoms with Crippen LogP contribution in [0.2, 0.25) is 5.02 Å². The lowest BCUT2D eigenvalue weighted by Gasteiger charge is -2.32. The molecule has 1 aromatic carbocycles. The summed E-state index contributed by atoms with van der Waals surface area (Å²) in [6.45, 7) is 4.61. The van der Waals surface area contributed by atoms with Crippen molar-refractivity contribution in [2.24, 2.45) is 0 Å². The third-order valence-electron chi connectivity index (χ3n) is 5.78. The summed E-state index contributed by atoms with van der Waals surface area (Å²) in [5, 5.41) is 7.19. The minimum Gasteiger partial charge on any atom is -0.347 e. The Kier molecular flexibility index (Phi) is 5.51. The van der Waals surface area contributed by atoms with Crippen molar-refractivity contribution >= 4 is 68.1 Å². The highest BCUT2D eigenvalue weighted by atomic mass is 35.5. The molecule has 0 radical (unpaired) electrons. The Labute approximate surface area is 198 Å². The van der Waals surface area contributed by atoms with Gasteiger partial charge in [0.05, 0.1) is 22.4 Å². The highest BCUT2D eigenvalue weighted by Crippen LogP contribution is 2.45. The van der Waals surface area contributed by atoms with Crippen LogP contribution >= 0.6 is 22.9 Å². The van der Waals surface area contributed by atoms with E-state index in [2.05, 4.69) is 22.2 Å². The largest absolute Gasteiger partial charge is 0.347 e. The predicted octanol–water partition coefficient (Wildman–Crippen LogP) is 4.54. The van der Waals surface area contributed by atoms with Crippen molar-refractivity contribution in [2.75, 3.05) is 23.3 Å². The smallest absolute Gasteiger partial charge is 0.331 e. The molecular weight excluding hydrogens is 462 g/mol. The highest BCUT2D eigenvalue weighted by molar-refractivity contribution is 7.21. The van der Waals surface area contributed by atoms with Gasteiger partial charge in [0, 0.05) is 30.4 Å². The molecule has 0 aliphatic carbocycles. The maximum Gasteiger partial charge on any atom is 0.331 e. The summed E-state index contributed by atoms with van der Waals surface area (Å²) in [7, 11) is 0. The molecule has 0 saturated carbocycles. The summed E-state index contributed by atoms with van der Waals surface area (Å²) in [6.07, 6.45) is 4.48. The molecule has 2 aromatic heterocycles.